The summed E-state index contributed by atoms with van der Waals surface area (Å²) in [6.07, 6.45) is -0.615. The molecule has 1 amide bonds. The second-order valence-electron chi connectivity index (χ2n) is 7.57. The third kappa shape index (κ3) is 4.54. The monoisotopic (exact) mass is 433 g/mol. The quantitative estimate of drug-likeness (QED) is 0.609. The first-order valence-electron chi connectivity index (χ1n) is 9.04. The summed E-state index contributed by atoms with van der Waals surface area (Å²) >= 11 is 12.6. The minimum Gasteiger partial charge on any atom is -0.444 e. The molecular weight excluding hydrogens is 413 g/mol. The van der Waals surface area contributed by atoms with Gasteiger partial charge in [0, 0.05) is 0 Å². The lowest BCUT2D eigenvalue weighted by molar-refractivity contribution is 0.0505. The number of alkyl carbamates (subject to hydrolysis) is 1. The number of nitrogens with zero attached hydrogens (tertiary/aromatic N) is 2. The van der Waals surface area contributed by atoms with Crippen LogP contribution in [0.2, 0.25) is 10.0 Å². The molecule has 0 fully saturated rings. The molecule has 152 valence electrons. The van der Waals surface area contributed by atoms with Crippen LogP contribution in [0, 0.1) is 0 Å². The average molecular weight is 434 g/mol. The summed E-state index contributed by atoms with van der Waals surface area (Å²) < 4.78 is 6.75. The van der Waals surface area contributed by atoms with E-state index in [9.17, 15) is 9.59 Å². The molecule has 0 aliphatic heterocycles. The van der Waals surface area contributed by atoms with Gasteiger partial charge in [0.15, 0.2) is 0 Å². The summed E-state index contributed by atoms with van der Waals surface area (Å²) in [5.74, 6) is 0.309. The Morgan fingerprint density at radius 2 is 1.72 bits per heavy atom. The van der Waals surface area contributed by atoms with E-state index in [0.29, 0.717) is 16.5 Å². The molecule has 29 heavy (non-hydrogen) atoms. The average Bonchev–Trinajstić information content (AvgIpc) is 2.63. The SMILES string of the molecule is C[C@H](NC(=O)OC(C)(C)C)c1nc2c(Cl)ccc(Cl)c2c(=O)n1-c1ccccc1. The number of ether oxygens (including phenoxy) is 1. The Kier molecular flexibility index (Phi) is 5.87. The Hall–Kier alpha value is -2.57. The third-order valence-corrected chi connectivity index (χ3v) is 4.71. The van der Waals surface area contributed by atoms with Crippen molar-refractivity contribution in [2.75, 3.05) is 0 Å². The van der Waals surface area contributed by atoms with Gasteiger partial charge in [-0.15, -0.1) is 0 Å². The summed E-state index contributed by atoms with van der Waals surface area (Å²) in [5, 5.41) is 3.50. The van der Waals surface area contributed by atoms with Crippen LogP contribution in [-0.2, 0) is 4.74 Å². The van der Waals surface area contributed by atoms with E-state index < -0.39 is 17.7 Å². The number of halogens is 2. The van der Waals surface area contributed by atoms with Crippen molar-refractivity contribution >= 4 is 40.2 Å². The van der Waals surface area contributed by atoms with Gasteiger partial charge in [-0.25, -0.2) is 9.78 Å². The van der Waals surface area contributed by atoms with E-state index in [1.54, 1.807) is 64.1 Å². The van der Waals surface area contributed by atoms with Crippen molar-refractivity contribution in [3.63, 3.8) is 0 Å². The Balaban J connectivity index is 2.21. The predicted molar refractivity (Wildman–Crippen MR) is 115 cm³/mol. The first-order valence-corrected chi connectivity index (χ1v) is 9.79. The van der Waals surface area contributed by atoms with E-state index in [1.165, 1.54) is 4.57 Å². The molecule has 1 atom stereocenters. The predicted octanol–water partition coefficient (Wildman–Crippen LogP) is 5.28. The molecule has 3 rings (SSSR count). The van der Waals surface area contributed by atoms with Crippen LogP contribution in [0.15, 0.2) is 47.3 Å². The summed E-state index contributed by atoms with van der Waals surface area (Å²) in [6.45, 7) is 7.03. The highest BCUT2D eigenvalue weighted by molar-refractivity contribution is 6.39. The zero-order chi connectivity index (χ0) is 21.3. The maximum Gasteiger partial charge on any atom is 0.408 e. The smallest absolute Gasteiger partial charge is 0.408 e. The standard InChI is InChI=1S/C21H21Cl2N3O3/c1-12(24-20(28)29-21(2,3)4)18-25-17-15(23)11-10-14(22)16(17)19(27)26(18)13-8-6-5-7-9-13/h5-12H,1-4H3,(H,24,28)/t12-/m0/s1. The van der Waals surface area contributed by atoms with Crippen LogP contribution in [-0.4, -0.2) is 21.2 Å². The van der Waals surface area contributed by atoms with Gasteiger partial charge in [0.1, 0.15) is 11.4 Å². The van der Waals surface area contributed by atoms with Crippen molar-refractivity contribution in [1.82, 2.24) is 14.9 Å². The maximum atomic E-state index is 13.4. The van der Waals surface area contributed by atoms with Crippen LogP contribution >= 0.6 is 23.2 Å². The third-order valence-electron chi connectivity index (χ3n) is 4.09. The molecule has 0 aliphatic carbocycles. The van der Waals surface area contributed by atoms with Crippen LogP contribution in [0.25, 0.3) is 16.6 Å². The largest absolute Gasteiger partial charge is 0.444 e. The van der Waals surface area contributed by atoms with E-state index in [2.05, 4.69) is 10.3 Å². The molecule has 6 nitrogen and oxygen atoms in total. The van der Waals surface area contributed by atoms with Crippen LogP contribution < -0.4 is 10.9 Å². The van der Waals surface area contributed by atoms with Crippen LogP contribution in [0.1, 0.15) is 39.6 Å². The second-order valence-corrected chi connectivity index (χ2v) is 8.38. The summed E-state index contributed by atoms with van der Waals surface area (Å²) in [5.41, 5.74) is -0.155. The van der Waals surface area contributed by atoms with Gasteiger partial charge in [-0.1, -0.05) is 41.4 Å². The lowest BCUT2D eigenvalue weighted by Gasteiger charge is -2.23. The lowest BCUT2D eigenvalue weighted by Crippen LogP contribution is -2.37. The van der Waals surface area contributed by atoms with Crippen molar-refractivity contribution < 1.29 is 9.53 Å². The number of carbonyl (C=O) groups is 1. The number of hydrogen-bond donors (Lipinski definition) is 1. The van der Waals surface area contributed by atoms with Gasteiger partial charge in [-0.2, -0.15) is 0 Å². The van der Waals surface area contributed by atoms with Crippen molar-refractivity contribution in [3.8, 4) is 5.69 Å². The first-order chi connectivity index (χ1) is 13.6. The zero-order valence-corrected chi connectivity index (χ0v) is 18.0. The van der Waals surface area contributed by atoms with E-state index in [-0.39, 0.29) is 21.5 Å². The van der Waals surface area contributed by atoms with E-state index in [0.717, 1.165) is 0 Å². The molecule has 0 saturated carbocycles. The molecule has 0 aliphatic rings. The zero-order valence-electron chi connectivity index (χ0n) is 16.5. The molecule has 0 unspecified atom stereocenters. The minimum atomic E-state index is -0.656. The molecule has 1 aromatic heterocycles. The second kappa shape index (κ2) is 8.05. The van der Waals surface area contributed by atoms with Crippen molar-refractivity contribution in [1.29, 1.82) is 0 Å². The molecule has 0 saturated heterocycles. The highest BCUT2D eigenvalue weighted by Gasteiger charge is 2.24. The number of carbonyl (C=O) groups excluding carboxylic acids is 1. The molecule has 1 N–H and O–H groups in total. The molecule has 0 spiro atoms. The number of aromatic nitrogens is 2. The van der Waals surface area contributed by atoms with Gasteiger partial charge in [0.05, 0.1) is 32.7 Å². The highest BCUT2D eigenvalue weighted by atomic mass is 35.5. The van der Waals surface area contributed by atoms with Crippen molar-refractivity contribution in [2.24, 2.45) is 0 Å². The van der Waals surface area contributed by atoms with E-state index in [4.69, 9.17) is 27.9 Å². The molecule has 1 heterocycles. The number of nitrogens with one attached hydrogen (secondary N) is 1. The first kappa shape index (κ1) is 21.1. The van der Waals surface area contributed by atoms with Crippen molar-refractivity contribution in [3.05, 3.63) is 68.7 Å². The van der Waals surface area contributed by atoms with Gasteiger partial charge in [-0.3, -0.25) is 9.36 Å². The number of para-hydroxylation sites is 1. The summed E-state index contributed by atoms with van der Waals surface area (Å²) in [4.78, 5) is 30.2. The topological polar surface area (TPSA) is 73.2 Å². The van der Waals surface area contributed by atoms with E-state index >= 15 is 0 Å². The van der Waals surface area contributed by atoms with Gasteiger partial charge >= 0.3 is 6.09 Å². The van der Waals surface area contributed by atoms with Crippen LogP contribution in [0.4, 0.5) is 4.79 Å². The number of rotatable bonds is 3. The maximum absolute atomic E-state index is 13.4. The number of fused-ring (bicyclic) bond motifs is 1. The van der Waals surface area contributed by atoms with Crippen molar-refractivity contribution in [2.45, 2.75) is 39.3 Å². The van der Waals surface area contributed by atoms with Gasteiger partial charge in [0.2, 0.25) is 0 Å². The molecular formula is C21H21Cl2N3O3. The minimum absolute atomic E-state index is 0.219. The fourth-order valence-corrected chi connectivity index (χ4v) is 3.33. The Morgan fingerprint density at radius 3 is 2.34 bits per heavy atom. The van der Waals surface area contributed by atoms with Crippen LogP contribution in [0.3, 0.4) is 0 Å². The normalized spacial score (nSPS) is 12.6. The molecule has 8 heteroatoms. The van der Waals surface area contributed by atoms with Gasteiger partial charge < -0.3 is 10.1 Å². The lowest BCUT2D eigenvalue weighted by atomic mass is 10.2. The number of hydrogen-bond acceptors (Lipinski definition) is 4. The highest BCUT2D eigenvalue weighted by Crippen LogP contribution is 2.28. The number of amides is 1. The fourth-order valence-electron chi connectivity index (χ4n) is 2.90. The Morgan fingerprint density at radius 1 is 1.10 bits per heavy atom. The summed E-state index contributed by atoms with van der Waals surface area (Å²) in [7, 11) is 0. The van der Waals surface area contributed by atoms with Gasteiger partial charge in [-0.05, 0) is 52.0 Å². The molecule has 0 bridgehead atoms. The molecule has 2 aromatic carbocycles. The Bertz CT molecular complexity index is 1120. The molecule has 3 aromatic rings. The Labute approximate surface area is 178 Å². The fraction of sp³-hybridized carbons (Fsp3) is 0.286. The van der Waals surface area contributed by atoms with Gasteiger partial charge in [0.25, 0.3) is 5.56 Å². The van der Waals surface area contributed by atoms with Crippen LogP contribution in [0.5, 0.6) is 0 Å². The summed E-state index contributed by atoms with van der Waals surface area (Å²) in [6, 6.07) is 11.5. The number of benzene rings is 2. The van der Waals surface area contributed by atoms with E-state index in [1.807, 2.05) is 6.07 Å². The molecule has 0 radical (unpaired) electrons.